The molecule has 0 atom stereocenters. The van der Waals surface area contributed by atoms with Gasteiger partial charge < -0.3 is 5.32 Å². The molecule has 96 valence electrons. The first-order chi connectivity index (χ1) is 9.42. The molecule has 19 heavy (non-hydrogen) atoms. The number of hydrogen-bond acceptors (Lipinski definition) is 6. The van der Waals surface area contributed by atoms with E-state index in [4.69, 9.17) is 4.84 Å². The lowest BCUT2D eigenvalue weighted by Gasteiger charge is -2.17. The van der Waals surface area contributed by atoms with E-state index in [1.807, 2.05) is 36.4 Å². The number of aromatic nitrogens is 1. The number of nitrogens with zero attached hydrogens (tertiary/aromatic N) is 2. The van der Waals surface area contributed by atoms with Crippen molar-refractivity contribution < 1.29 is 4.84 Å². The Balaban J connectivity index is 1.54. The van der Waals surface area contributed by atoms with E-state index in [2.05, 4.69) is 20.2 Å². The summed E-state index contributed by atoms with van der Waals surface area (Å²) in [5.74, 6) is 0.583. The summed E-state index contributed by atoms with van der Waals surface area (Å²) < 4.78 is 4.25. The Bertz CT molecular complexity index is 588. The monoisotopic (exact) mass is 272 g/mol. The number of hydroxylamine groups is 1. The largest absolute Gasteiger partial charge is 0.323 e. The van der Waals surface area contributed by atoms with Crippen LogP contribution in [0, 0.1) is 0 Å². The highest BCUT2D eigenvalue weighted by atomic mass is 32.2. The maximum Gasteiger partial charge on any atom is 0.232 e. The lowest BCUT2D eigenvalue weighted by Crippen LogP contribution is -2.31. The number of fused-ring (bicyclic) bond motifs is 1. The van der Waals surface area contributed by atoms with Crippen LogP contribution in [0.2, 0.25) is 0 Å². The van der Waals surface area contributed by atoms with Crippen LogP contribution in [0.15, 0.2) is 58.1 Å². The van der Waals surface area contributed by atoms with Crippen molar-refractivity contribution in [3.05, 3.63) is 54.4 Å². The number of nitrogens with one attached hydrogen (secondary N) is 2. The van der Waals surface area contributed by atoms with Crippen LogP contribution in [0.4, 0.5) is 5.69 Å². The molecule has 1 aliphatic rings. The normalized spacial score (nSPS) is 13.2. The number of hydrogen-bond donors (Lipinski definition) is 2. The van der Waals surface area contributed by atoms with Crippen LogP contribution in [0.5, 0.6) is 0 Å². The molecular formula is C13H12N4OS. The molecule has 3 rings (SSSR count). The van der Waals surface area contributed by atoms with Gasteiger partial charge in [-0.05, 0) is 11.6 Å². The summed E-state index contributed by atoms with van der Waals surface area (Å²) in [7, 11) is 0. The molecule has 6 heteroatoms. The van der Waals surface area contributed by atoms with E-state index in [0.717, 1.165) is 16.1 Å². The number of rotatable bonds is 3. The van der Waals surface area contributed by atoms with Gasteiger partial charge in [0.25, 0.3) is 0 Å². The van der Waals surface area contributed by atoms with Crippen molar-refractivity contribution in [3.63, 3.8) is 0 Å². The molecule has 2 heterocycles. The zero-order valence-corrected chi connectivity index (χ0v) is 10.9. The van der Waals surface area contributed by atoms with Crippen molar-refractivity contribution >= 4 is 23.6 Å². The topological polar surface area (TPSA) is 58.5 Å². The molecule has 0 saturated carbocycles. The quantitative estimate of drug-likeness (QED) is 0.664. The molecule has 0 bridgehead atoms. The van der Waals surface area contributed by atoms with Gasteiger partial charge in [-0.1, -0.05) is 30.3 Å². The van der Waals surface area contributed by atoms with Gasteiger partial charge in [-0.25, -0.2) is 5.48 Å². The Morgan fingerprint density at radius 1 is 1.21 bits per heavy atom. The molecule has 0 amide bonds. The first-order valence-electron chi connectivity index (χ1n) is 5.79. The van der Waals surface area contributed by atoms with E-state index in [-0.39, 0.29) is 0 Å². The fourth-order valence-electron chi connectivity index (χ4n) is 1.61. The maximum absolute atomic E-state index is 5.40. The summed E-state index contributed by atoms with van der Waals surface area (Å²) in [5.41, 5.74) is 4.88. The van der Waals surface area contributed by atoms with Crippen LogP contribution in [-0.4, -0.2) is 10.9 Å². The highest BCUT2D eigenvalue weighted by Crippen LogP contribution is 2.30. The van der Waals surface area contributed by atoms with Gasteiger partial charge in [0.2, 0.25) is 5.96 Å². The van der Waals surface area contributed by atoms with Gasteiger partial charge in [0, 0.05) is 24.3 Å². The van der Waals surface area contributed by atoms with Crippen LogP contribution in [0.25, 0.3) is 0 Å². The molecule has 0 fully saturated rings. The van der Waals surface area contributed by atoms with Crippen LogP contribution < -0.4 is 10.8 Å². The lowest BCUT2D eigenvalue weighted by atomic mass is 10.2. The predicted octanol–water partition coefficient (Wildman–Crippen LogP) is 2.59. The third kappa shape index (κ3) is 3.04. The second-order valence-corrected chi connectivity index (χ2v) is 4.71. The van der Waals surface area contributed by atoms with Crippen molar-refractivity contribution in [2.75, 3.05) is 5.32 Å². The molecule has 0 unspecified atom stereocenters. The first kappa shape index (κ1) is 12.0. The molecule has 0 radical (unpaired) electrons. The van der Waals surface area contributed by atoms with E-state index in [1.165, 1.54) is 11.9 Å². The Morgan fingerprint density at radius 3 is 3.00 bits per heavy atom. The molecule has 0 saturated heterocycles. The van der Waals surface area contributed by atoms with Crippen LogP contribution in [0.1, 0.15) is 5.56 Å². The van der Waals surface area contributed by atoms with Gasteiger partial charge in [-0.15, -0.1) is 0 Å². The van der Waals surface area contributed by atoms with Crippen molar-refractivity contribution in [1.82, 2.24) is 10.5 Å². The van der Waals surface area contributed by atoms with Crippen LogP contribution in [0.3, 0.4) is 0 Å². The number of anilines is 1. The van der Waals surface area contributed by atoms with Crippen molar-refractivity contribution in [2.24, 2.45) is 4.40 Å². The van der Waals surface area contributed by atoms with Gasteiger partial charge >= 0.3 is 0 Å². The van der Waals surface area contributed by atoms with Gasteiger partial charge in [0.1, 0.15) is 0 Å². The van der Waals surface area contributed by atoms with Gasteiger partial charge in [-0.3, -0.25) is 9.82 Å². The Hall–Kier alpha value is -2.05. The summed E-state index contributed by atoms with van der Waals surface area (Å²) >= 11 is 1.36. The van der Waals surface area contributed by atoms with E-state index in [0.29, 0.717) is 12.6 Å². The molecule has 0 spiro atoms. The summed E-state index contributed by atoms with van der Waals surface area (Å²) in [5, 5.41) is 3.14. The predicted molar refractivity (Wildman–Crippen MR) is 75.5 cm³/mol. The minimum Gasteiger partial charge on any atom is -0.323 e. The number of benzene rings is 1. The van der Waals surface area contributed by atoms with Gasteiger partial charge in [0.05, 0.1) is 17.2 Å². The molecule has 0 aliphatic carbocycles. The lowest BCUT2D eigenvalue weighted by molar-refractivity contribution is 0.0713. The highest BCUT2D eigenvalue weighted by molar-refractivity contribution is 7.98. The second-order valence-electron chi connectivity index (χ2n) is 3.90. The summed E-state index contributed by atoms with van der Waals surface area (Å²) in [6.45, 7) is 0.482. The van der Waals surface area contributed by atoms with Gasteiger partial charge in [0.15, 0.2) is 0 Å². The highest BCUT2D eigenvalue weighted by Gasteiger charge is 2.11. The van der Waals surface area contributed by atoms with E-state index in [1.54, 1.807) is 12.4 Å². The van der Waals surface area contributed by atoms with E-state index in [9.17, 15) is 0 Å². The van der Waals surface area contributed by atoms with Crippen molar-refractivity contribution in [3.8, 4) is 0 Å². The molecular weight excluding hydrogens is 260 g/mol. The second kappa shape index (κ2) is 5.73. The average molecular weight is 272 g/mol. The van der Waals surface area contributed by atoms with Crippen molar-refractivity contribution in [1.29, 1.82) is 0 Å². The van der Waals surface area contributed by atoms with E-state index < -0.39 is 0 Å². The van der Waals surface area contributed by atoms with Crippen LogP contribution >= 0.6 is 11.9 Å². The summed E-state index contributed by atoms with van der Waals surface area (Å²) in [6.07, 6.45) is 3.51. The molecule has 2 aromatic rings. The maximum atomic E-state index is 5.40. The molecule has 1 aliphatic heterocycles. The third-order valence-electron chi connectivity index (χ3n) is 2.52. The summed E-state index contributed by atoms with van der Waals surface area (Å²) in [6, 6.07) is 11.9. The Kier molecular flexibility index (Phi) is 3.62. The number of pyridine rings is 1. The van der Waals surface area contributed by atoms with Crippen molar-refractivity contribution in [2.45, 2.75) is 11.5 Å². The fourth-order valence-corrected chi connectivity index (χ4v) is 2.21. The Morgan fingerprint density at radius 2 is 2.11 bits per heavy atom. The fraction of sp³-hybridized carbons (Fsp3) is 0.0769. The number of guanidine groups is 1. The molecule has 1 aromatic carbocycles. The first-order valence-corrected chi connectivity index (χ1v) is 6.57. The minimum absolute atomic E-state index is 0.482. The Labute approximate surface area is 115 Å². The minimum atomic E-state index is 0.482. The molecule has 1 aromatic heterocycles. The average Bonchev–Trinajstić information content (AvgIpc) is 2.48. The van der Waals surface area contributed by atoms with Gasteiger partial charge in [-0.2, -0.15) is 4.40 Å². The molecule has 2 N–H and O–H groups in total. The SMILES string of the molecule is c1ccc(CONC2=NSc3cnccc3N2)cc1. The van der Waals surface area contributed by atoms with E-state index >= 15 is 0 Å². The smallest absolute Gasteiger partial charge is 0.232 e. The standard InChI is InChI=1S/C13H12N4OS/c1-2-4-10(5-3-1)9-18-16-13-15-11-6-7-14-8-12(11)19-17-13/h1-8H,9H2,(H2,15,16,17). The molecule has 5 nitrogen and oxygen atoms in total. The zero-order valence-electron chi connectivity index (χ0n) is 10.0. The third-order valence-corrected chi connectivity index (χ3v) is 3.32. The zero-order chi connectivity index (χ0) is 12.9. The van der Waals surface area contributed by atoms with Crippen LogP contribution in [-0.2, 0) is 11.4 Å². The summed E-state index contributed by atoms with van der Waals surface area (Å²) in [4.78, 5) is 10.4.